The van der Waals surface area contributed by atoms with Gasteiger partial charge in [-0.15, -0.1) is 0 Å². The number of nitrogens with one attached hydrogen (secondary N) is 2. The average Bonchev–Trinajstić information content (AvgIpc) is 3.52. The molecule has 3 aromatic carbocycles. The van der Waals surface area contributed by atoms with E-state index in [-0.39, 0.29) is 23.7 Å². The number of hydrogen-bond donors (Lipinski definition) is 2. The molecule has 1 heterocycles. The van der Waals surface area contributed by atoms with Gasteiger partial charge in [0.25, 0.3) is 0 Å². The smallest absolute Gasteiger partial charge is 0.223 e. The van der Waals surface area contributed by atoms with Crippen molar-refractivity contribution in [1.82, 2.24) is 10.3 Å². The van der Waals surface area contributed by atoms with Crippen molar-refractivity contribution in [2.45, 2.75) is 18.3 Å². The van der Waals surface area contributed by atoms with Gasteiger partial charge in [0, 0.05) is 40.5 Å². The molecule has 1 amide bonds. The quantitative estimate of drug-likeness (QED) is 0.374. The lowest BCUT2D eigenvalue weighted by Gasteiger charge is -2.19. The normalized spacial score (nSPS) is 18.3. The van der Waals surface area contributed by atoms with Crippen LogP contribution in [-0.4, -0.2) is 24.5 Å². The van der Waals surface area contributed by atoms with Crippen LogP contribution in [0.3, 0.4) is 0 Å². The number of aromatic amines is 1. The number of carbonyl (C=O) groups is 1. The molecule has 1 saturated carbocycles. The zero-order valence-corrected chi connectivity index (χ0v) is 18.6. The first-order valence-electron chi connectivity index (χ1n) is 10.9. The largest absolute Gasteiger partial charge is 0.497 e. The van der Waals surface area contributed by atoms with Crippen LogP contribution in [0.15, 0.2) is 79.0 Å². The fourth-order valence-electron chi connectivity index (χ4n) is 4.56. The van der Waals surface area contributed by atoms with Crippen LogP contribution < -0.4 is 10.1 Å². The van der Waals surface area contributed by atoms with Gasteiger partial charge >= 0.3 is 0 Å². The molecule has 162 valence electrons. The van der Waals surface area contributed by atoms with Gasteiger partial charge in [0.2, 0.25) is 5.91 Å². The first-order chi connectivity index (χ1) is 15.7. The Kier molecular flexibility index (Phi) is 5.62. The Morgan fingerprint density at radius 1 is 1.09 bits per heavy atom. The number of aromatic nitrogens is 1. The van der Waals surface area contributed by atoms with Crippen molar-refractivity contribution in [3.05, 3.63) is 101 Å². The maximum atomic E-state index is 13.0. The standard InChI is InChI=1S/C27H25ClN2O2/c1-32-18-12-10-17(11-13-18)23(24-16-29-26-9-5-3-7-20(24)26)15-30-27(31)22-14-21(22)19-6-2-4-8-25(19)28/h2-13,16,21-23,29H,14-15H2,1H3,(H,30,31). The Balaban J connectivity index is 1.37. The number of carbonyl (C=O) groups excluding carboxylic acids is 1. The highest BCUT2D eigenvalue weighted by atomic mass is 35.5. The first kappa shape index (κ1) is 20.7. The summed E-state index contributed by atoms with van der Waals surface area (Å²) in [6, 6.07) is 24.1. The van der Waals surface area contributed by atoms with Crippen LogP contribution in [0.2, 0.25) is 5.02 Å². The van der Waals surface area contributed by atoms with Gasteiger partial charge < -0.3 is 15.0 Å². The van der Waals surface area contributed by atoms with Crippen LogP contribution in [0.25, 0.3) is 10.9 Å². The zero-order chi connectivity index (χ0) is 22.1. The van der Waals surface area contributed by atoms with E-state index < -0.39 is 0 Å². The van der Waals surface area contributed by atoms with Gasteiger partial charge in [-0.3, -0.25) is 4.79 Å². The molecule has 0 aliphatic heterocycles. The van der Waals surface area contributed by atoms with Crippen molar-refractivity contribution in [2.24, 2.45) is 5.92 Å². The molecule has 0 radical (unpaired) electrons. The number of para-hydroxylation sites is 1. The number of rotatable bonds is 7. The number of halogens is 1. The summed E-state index contributed by atoms with van der Waals surface area (Å²) in [5.74, 6) is 1.12. The van der Waals surface area contributed by atoms with E-state index in [2.05, 4.69) is 40.8 Å². The molecule has 1 aliphatic rings. The predicted octanol–water partition coefficient (Wildman–Crippen LogP) is 5.88. The van der Waals surface area contributed by atoms with Gasteiger partial charge in [0.15, 0.2) is 0 Å². The summed E-state index contributed by atoms with van der Waals surface area (Å²) in [6.45, 7) is 0.527. The molecule has 3 atom stereocenters. The lowest BCUT2D eigenvalue weighted by molar-refractivity contribution is -0.122. The Morgan fingerprint density at radius 3 is 2.62 bits per heavy atom. The second kappa shape index (κ2) is 8.71. The highest BCUT2D eigenvalue weighted by Gasteiger charge is 2.44. The summed E-state index contributed by atoms with van der Waals surface area (Å²) >= 11 is 6.34. The minimum atomic E-state index is -0.0191. The van der Waals surface area contributed by atoms with Gasteiger partial charge in [-0.25, -0.2) is 0 Å². The number of methoxy groups -OCH3 is 1. The first-order valence-corrected chi connectivity index (χ1v) is 11.3. The summed E-state index contributed by atoms with van der Waals surface area (Å²) in [5.41, 5.74) is 4.46. The number of fused-ring (bicyclic) bond motifs is 1. The summed E-state index contributed by atoms with van der Waals surface area (Å²) in [7, 11) is 1.66. The maximum Gasteiger partial charge on any atom is 0.223 e. The molecule has 5 heteroatoms. The van der Waals surface area contributed by atoms with E-state index in [0.29, 0.717) is 6.54 Å². The van der Waals surface area contributed by atoms with Crippen molar-refractivity contribution in [2.75, 3.05) is 13.7 Å². The molecule has 0 saturated heterocycles. The average molecular weight is 445 g/mol. The van der Waals surface area contributed by atoms with Gasteiger partial charge in [0.05, 0.1) is 7.11 Å². The van der Waals surface area contributed by atoms with Crippen molar-refractivity contribution < 1.29 is 9.53 Å². The third-order valence-electron chi connectivity index (χ3n) is 6.43. The predicted molar refractivity (Wildman–Crippen MR) is 128 cm³/mol. The SMILES string of the molecule is COc1ccc(C(CNC(=O)C2CC2c2ccccc2Cl)c2c[nH]c3ccccc23)cc1. The van der Waals surface area contributed by atoms with Crippen LogP contribution >= 0.6 is 11.6 Å². The van der Waals surface area contributed by atoms with Crippen LogP contribution in [0.5, 0.6) is 5.75 Å². The second-order valence-electron chi connectivity index (χ2n) is 8.33. The molecule has 0 bridgehead atoms. The molecule has 32 heavy (non-hydrogen) atoms. The monoisotopic (exact) mass is 444 g/mol. The summed E-state index contributed by atoms with van der Waals surface area (Å²) in [5, 5.41) is 5.12. The van der Waals surface area contributed by atoms with Crippen molar-refractivity contribution in [3.63, 3.8) is 0 Å². The summed E-state index contributed by atoms with van der Waals surface area (Å²) in [4.78, 5) is 16.4. The molecular formula is C27H25ClN2O2. The number of hydrogen-bond acceptors (Lipinski definition) is 2. The topological polar surface area (TPSA) is 54.1 Å². The van der Waals surface area contributed by atoms with Gasteiger partial charge in [-0.1, -0.05) is 60.1 Å². The van der Waals surface area contributed by atoms with E-state index in [0.717, 1.165) is 33.8 Å². The zero-order valence-electron chi connectivity index (χ0n) is 17.8. The molecule has 0 spiro atoms. The molecule has 2 N–H and O–H groups in total. The minimum Gasteiger partial charge on any atom is -0.497 e. The van der Waals surface area contributed by atoms with E-state index in [1.54, 1.807) is 7.11 Å². The molecule has 1 fully saturated rings. The fourth-order valence-corrected chi connectivity index (χ4v) is 4.84. The number of benzene rings is 3. The van der Waals surface area contributed by atoms with Gasteiger partial charge in [-0.05, 0) is 53.3 Å². The Morgan fingerprint density at radius 2 is 1.84 bits per heavy atom. The van der Waals surface area contributed by atoms with Crippen molar-refractivity contribution in [1.29, 1.82) is 0 Å². The van der Waals surface area contributed by atoms with Crippen LogP contribution in [0, 0.1) is 5.92 Å². The Labute approximate surface area is 192 Å². The Hall–Kier alpha value is -3.24. The number of H-pyrrole nitrogens is 1. The molecule has 1 aliphatic carbocycles. The highest BCUT2D eigenvalue weighted by molar-refractivity contribution is 6.31. The lowest BCUT2D eigenvalue weighted by atomic mass is 9.90. The van der Waals surface area contributed by atoms with E-state index in [1.165, 1.54) is 10.9 Å². The molecule has 1 aromatic heterocycles. The molecule has 3 unspecified atom stereocenters. The van der Waals surface area contributed by atoms with E-state index in [4.69, 9.17) is 16.3 Å². The maximum absolute atomic E-state index is 13.0. The second-order valence-corrected chi connectivity index (χ2v) is 8.74. The van der Waals surface area contributed by atoms with E-state index in [1.807, 2.05) is 48.5 Å². The number of amides is 1. The summed E-state index contributed by atoms with van der Waals surface area (Å²) < 4.78 is 5.32. The fraction of sp³-hybridized carbons (Fsp3) is 0.222. The molecular weight excluding hydrogens is 420 g/mol. The van der Waals surface area contributed by atoms with Crippen molar-refractivity contribution >= 4 is 28.4 Å². The van der Waals surface area contributed by atoms with E-state index in [9.17, 15) is 4.79 Å². The third-order valence-corrected chi connectivity index (χ3v) is 6.77. The lowest BCUT2D eigenvalue weighted by Crippen LogP contribution is -2.30. The number of ether oxygens (including phenoxy) is 1. The van der Waals surface area contributed by atoms with Crippen LogP contribution in [0.1, 0.15) is 34.9 Å². The molecule has 4 nitrogen and oxygen atoms in total. The highest BCUT2D eigenvalue weighted by Crippen LogP contribution is 2.49. The van der Waals surface area contributed by atoms with E-state index >= 15 is 0 Å². The molecule has 4 aromatic rings. The van der Waals surface area contributed by atoms with Crippen LogP contribution in [-0.2, 0) is 4.79 Å². The van der Waals surface area contributed by atoms with Crippen molar-refractivity contribution in [3.8, 4) is 5.75 Å². The third kappa shape index (κ3) is 3.98. The van der Waals surface area contributed by atoms with Crippen LogP contribution in [0.4, 0.5) is 0 Å². The van der Waals surface area contributed by atoms with Gasteiger partial charge in [-0.2, -0.15) is 0 Å². The summed E-state index contributed by atoms with van der Waals surface area (Å²) in [6.07, 6.45) is 2.89. The van der Waals surface area contributed by atoms with Gasteiger partial charge in [0.1, 0.15) is 5.75 Å². The Bertz CT molecular complexity index is 1250. The minimum absolute atomic E-state index is 0.0191. The molecule has 5 rings (SSSR count).